The fourth-order valence-corrected chi connectivity index (χ4v) is 6.07. The Kier molecular flexibility index (Phi) is 3.89. The van der Waals surface area contributed by atoms with Crippen molar-refractivity contribution in [3.63, 3.8) is 0 Å². The molecule has 0 amide bonds. The smallest absolute Gasteiger partial charge is 0.216 e. The van der Waals surface area contributed by atoms with Crippen molar-refractivity contribution in [2.24, 2.45) is 17.8 Å². The summed E-state index contributed by atoms with van der Waals surface area (Å²) in [5.74, 6) is 1.30. The lowest BCUT2D eigenvalue weighted by Crippen LogP contribution is -2.55. The molecule has 2 nitrogen and oxygen atoms in total. The Morgan fingerprint density at radius 3 is 2.10 bits per heavy atom. The summed E-state index contributed by atoms with van der Waals surface area (Å²) in [4.78, 5) is 0. The summed E-state index contributed by atoms with van der Waals surface area (Å²) in [6, 6.07) is 22.2. The van der Waals surface area contributed by atoms with Crippen molar-refractivity contribution >= 4 is 11.4 Å². The minimum atomic E-state index is 0.365. The normalized spacial score (nSPS) is 28.9. The van der Waals surface area contributed by atoms with Crippen molar-refractivity contribution < 1.29 is 9.15 Å². The largest absolute Gasteiger partial charge is 0.228 e. The van der Waals surface area contributed by atoms with Gasteiger partial charge in [0.05, 0.1) is 17.8 Å². The molecule has 0 bridgehead atoms. The number of allylic oxidation sites excluding steroid dienone is 6. The van der Waals surface area contributed by atoms with E-state index in [0.717, 1.165) is 0 Å². The number of nitrogens with zero attached hydrogens (tertiary/aromatic N) is 2. The van der Waals surface area contributed by atoms with Crippen LogP contribution in [0, 0.1) is 17.8 Å². The molecule has 0 spiro atoms. The van der Waals surface area contributed by atoms with E-state index >= 15 is 0 Å². The average Bonchev–Trinajstić information content (AvgIpc) is 2.80. The molecule has 0 saturated heterocycles. The second-order valence-electron chi connectivity index (χ2n) is 8.69. The van der Waals surface area contributed by atoms with Gasteiger partial charge in [0.2, 0.25) is 5.71 Å². The van der Waals surface area contributed by atoms with Crippen molar-refractivity contribution in [1.29, 1.82) is 0 Å². The number of benzene rings is 2. The molecule has 0 saturated carbocycles. The molecule has 6 rings (SSSR count). The van der Waals surface area contributed by atoms with E-state index in [9.17, 15) is 0 Å². The summed E-state index contributed by atoms with van der Waals surface area (Å²) in [6.07, 6.45) is 14.0. The van der Waals surface area contributed by atoms with Crippen LogP contribution in [0.15, 0.2) is 108 Å². The molecule has 2 aliphatic heterocycles. The first-order valence-corrected chi connectivity index (χ1v) is 10.8. The molecule has 2 aromatic carbocycles. The Bertz CT molecular complexity index is 1210. The molecule has 0 fully saturated rings. The maximum atomic E-state index is 2.53. The van der Waals surface area contributed by atoms with E-state index < -0.39 is 0 Å². The van der Waals surface area contributed by atoms with E-state index in [-0.39, 0.29) is 0 Å². The lowest BCUT2D eigenvalue weighted by atomic mass is 9.61. The van der Waals surface area contributed by atoms with Crippen molar-refractivity contribution in [2.45, 2.75) is 6.04 Å². The Hall–Kier alpha value is -3.26. The lowest BCUT2D eigenvalue weighted by molar-refractivity contribution is -0.548. The topological polar surface area (TPSA) is 6.02 Å². The zero-order valence-corrected chi connectivity index (χ0v) is 17.4. The van der Waals surface area contributed by atoms with E-state index in [1.165, 1.54) is 33.8 Å². The van der Waals surface area contributed by atoms with E-state index in [4.69, 9.17) is 0 Å². The molecule has 146 valence electrons. The van der Waals surface area contributed by atoms with Gasteiger partial charge in [0.25, 0.3) is 0 Å². The maximum Gasteiger partial charge on any atom is 0.216 e. The summed E-state index contributed by atoms with van der Waals surface area (Å²) in [5.41, 5.74) is 8.32. The third-order valence-corrected chi connectivity index (χ3v) is 7.27. The Labute approximate surface area is 178 Å². The minimum absolute atomic E-state index is 0.365. The van der Waals surface area contributed by atoms with E-state index in [2.05, 4.69) is 120 Å². The second kappa shape index (κ2) is 6.63. The zero-order valence-electron chi connectivity index (χ0n) is 17.4. The third-order valence-electron chi connectivity index (χ3n) is 7.27. The van der Waals surface area contributed by atoms with Gasteiger partial charge in [-0.05, 0) is 30.3 Å². The van der Waals surface area contributed by atoms with Gasteiger partial charge >= 0.3 is 0 Å². The standard InChI is InChI=1S/C28H26N2/c1-29-23-17-9-16-22-25(23)26-21(27(29)19-11-5-3-6-12-19)15-10-18-24(26)30(2)28(22)20-13-7-4-8-14-20/h3-18,21,23,25-26H,1-2H3/q+2. The molecule has 2 aromatic rings. The number of hydrogen-bond donors (Lipinski definition) is 0. The van der Waals surface area contributed by atoms with Crippen LogP contribution in [-0.4, -0.2) is 40.7 Å². The van der Waals surface area contributed by atoms with E-state index in [1.807, 2.05) is 0 Å². The highest BCUT2D eigenvalue weighted by molar-refractivity contribution is 6.11. The molecule has 2 aliphatic carbocycles. The fourth-order valence-electron chi connectivity index (χ4n) is 6.07. The first-order chi connectivity index (χ1) is 14.8. The monoisotopic (exact) mass is 390 g/mol. The van der Waals surface area contributed by atoms with E-state index in [1.54, 1.807) is 0 Å². The summed E-state index contributed by atoms with van der Waals surface area (Å²) in [5, 5.41) is 0. The van der Waals surface area contributed by atoms with Crippen LogP contribution in [0.1, 0.15) is 11.1 Å². The Balaban J connectivity index is 1.61. The second-order valence-corrected chi connectivity index (χ2v) is 8.69. The molecule has 2 heteroatoms. The zero-order chi connectivity index (χ0) is 20.2. The minimum Gasteiger partial charge on any atom is -0.228 e. The Morgan fingerprint density at radius 1 is 0.700 bits per heavy atom. The van der Waals surface area contributed by atoms with Crippen molar-refractivity contribution in [2.75, 3.05) is 14.1 Å². The average molecular weight is 391 g/mol. The van der Waals surface area contributed by atoms with Gasteiger partial charge in [-0.3, -0.25) is 0 Å². The number of likely N-dealkylation sites (N-methyl/N-ethyl adjacent to an activating group) is 1. The van der Waals surface area contributed by atoms with Crippen LogP contribution in [0.25, 0.3) is 0 Å². The van der Waals surface area contributed by atoms with Crippen LogP contribution in [0.4, 0.5) is 0 Å². The molecule has 0 N–H and O–H groups in total. The molecule has 30 heavy (non-hydrogen) atoms. The van der Waals surface area contributed by atoms with Gasteiger partial charge in [0.1, 0.15) is 14.1 Å². The van der Waals surface area contributed by atoms with Crippen molar-refractivity contribution in [1.82, 2.24) is 0 Å². The van der Waals surface area contributed by atoms with Crippen LogP contribution >= 0.6 is 0 Å². The Morgan fingerprint density at radius 2 is 1.37 bits per heavy atom. The molecule has 4 unspecified atom stereocenters. The fraction of sp³-hybridized carbons (Fsp3) is 0.214. The molecule has 0 aromatic heterocycles. The predicted octanol–water partition coefficient (Wildman–Crippen LogP) is 4.44. The first kappa shape index (κ1) is 17.6. The van der Waals surface area contributed by atoms with Crippen LogP contribution in [-0.2, 0) is 0 Å². The van der Waals surface area contributed by atoms with Gasteiger partial charge in [-0.25, -0.2) is 4.58 Å². The molecule has 4 atom stereocenters. The first-order valence-electron chi connectivity index (χ1n) is 10.8. The number of hydrogen-bond acceptors (Lipinski definition) is 0. The van der Waals surface area contributed by atoms with Gasteiger partial charge in [-0.2, -0.15) is 4.58 Å². The summed E-state index contributed by atoms with van der Waals surface area (Å²) in [6.45, 7) is 0. The van der Waals surface area contributed by atoms with Gasteiger partial charge in [0, 0.05) is 22.8 Å². The van der Waals surface area contributed by atoms with Gasteiger partial charge in [-0.15, -0.1) is 0 Å². The highest BCUT2D eigenvalue weighted by atomic mass is 15.1. The number of rotatable bonds is 2. The maximum absolute atomic E-state index is 2.53. The summed E-state index contributed by atoms with van der Waals surface area (Å²) < 4.78 is 4.98. The third kappa shape index (κ3) is 2.37. The summed E-state index contributed by atoms with van der Waals surface area (Å²) in [7, 11) is 4.53. The van der Waals surface area contributed by atoms with Crippen molar-refractivity contribution in [3.05, 3.63) is 120 Å². The summed E-state index contributed by atoms with van der Waals surface area (Å²) >= 11 is 0. The molecule has 4 aliphatic rings. The SMILES string of the molecule is C[N+]1=C(c2ccccc2)C2=CC=CC3C2C2C1=CC=CC2C(c1ccccc1)=[N+]3C. The quantitative estimate of drug-likeness (QED) is 0.669. The van der Waals surface area contributed by atoms with Crippen LogP contribution < -0.4 is 0 Å². The van der Waals surface area contributed by atoms with Gasteiger partial charge < -0.3 is 0 Å². The van der Waals surface area contributed by atoms with Gasteiger partial charge in [-0.1, -0.05) is 60.7 Å². The van der Waals surface area contributed by atoms with Gasteiger partial charge in [0.15, 0.2) is 17.5 Å². The lowest BCUT2D eigenvalue weighted by Gasteiger charge is -2.43. The van der Waals surface area contributed by atoms with Crippen molar-refractivity contribution in [3.8, 4) is 0 Å². The van der Waals surface area contributed by atoms with Crippen LogP contribution in [0.3, 0.4) is 0 Å². The molecule has 2 heterocycles. The van der Waals surface area contributed by atoms with Crippen LogP contribution in [0.2, 0.25) is 0 Å². The molecular formula is C28H26N2+2. The van der Waals surface area contributed by atoms with Crippen LogP contribution in [0.5, 0.6) is 0 Å². The van der Waals surface area contributed by atoms with E-state index in [0.29, 0.717) is 23.8 Å². The highest BCUT2D eigenvalue weighted by Crippen LogP contribution is 2.48. The predicted molar refractivity (Wildman–Crippen MR) is 122 cm³/mol. The highest BCUT2D eigenvalue weighted by Gasteiger charge is 2.57. The molecular weight excluding hydrogens is 364 g/mol. The molecule has 0 radical (unpaired) electrons.